The summed E-state index contributed by atoms with van der Waals surface area (Å²) in [5.41, 5.74) is 1.07. The summed E-state index contributed by atoms with van der Waals surface area (Å²) < 4.78 is 0. The summed E-state index contributed by atoms with van der Waals surface area (Å²) in [5, 5.41) is 11.7. The van der Waals surface area contributed by atoms with E-state index in [1.54, 1.807) is 6.20 Å². The predicted octanol–water partition coefficient (Wildman–Crippen LogP) is 1.83. The van der Waals surface area contributed by atoms with Gasteiger partial charge < -0.3 is 5.32 Å². The zero-order valence-corrected chi connectivity index (χ0v) is 11.5. The van der Waals surface area contributed by atoms with Crippen LogP contribution in [0.1, 0.15) is 38.8 Å². The average molecular weight is 248 g/mol. The zero-order chi connectivity index (χ0) is 12.8. The van der Waals surface area contributed by atoms with E-state index in [1.807, 2.05) is 6.07 Å². The van der Waals surface area contributed by atoms with E-state index in [0.717, 1.165) is 25.3 Å². The molecule has 2 rings (SSSR count). The maximum atomic E-state index is 4.17. The minimum absolute atomic E-state index is 0.620. The molecule has 0 bridgehead atoms. The fourth-order valence-electron chi connectivity index (χ4n) is 2.62. The quantitative estimate of drug-likeness (QED) is 0.863. The van der Waals surface area contributed by atoms with Crippen LogP contribution in [0.2, 0.25) is 0 Å². The van der Waals surface area contributed by atoms with Crippen LogP contribution in [0.5, 0.6) is 0 Å². The molecular weight excluding hydrogens is 224 g/mol. The fraction of sp³-hybridized carbons (Fsp3) is 0.714. The second-order valence-corrected chi connectivity index (χ2v) is 5.21. The van der Waals surface area contributed by atoms with Gasteiger partial charge >= 0.3 is 0 Å². The number of likely N-dealkylation sites (tertiary alicyclic amines) is 1. The largest absolute Gasteiger partial charge is 0.314 e. The first-order chi connectivity index (χ1) is 8.79. The second kappa shape index (κ2) is 6.81. The molecule has 1 N–H and O–H groups in total. The van der Waals surface area contributed by atoms with Gasteiger partial charge in [-0.3, -0.25) is 4.90 Å². The van der Waals surface area contributed by atoms with Crippen molar-refractivity contribution in [3.8, 4) is 0 Å². The molecule has 0 aromatic carbocycles. The van der Waals surface area contributed by atoms with Crippen LogP contribution < -0.4 is 5.32 Å². The third kappa shape index (κ3) is 3.75. The van der Waals surface area contributed by atoms with Crippen molar-refractivity contribution in [3.05, 3.63) is 24.0 Å². The van der Waals surface area contributed by atoms with Crippen molar-refractivity contribution in [1.82, 2.24) is 20.4 Å². The fourth-order valence-corrected chi connectivity index (χ4v) is 2.62. The van der Waals surface area contributed by atoms with Gasteiger partial charge in [-0.1, -0.05) is 6.92 Å². The molecule has 1 aromatic rings. The lowest BCUT2D eigenvalue weighted by molar-refractivity contribution is 0.127. The molecular formula is C14H24N4. The first kappa shape index (κ1) is 13.4. The molecule has 1 aliphatic heterocycles. The normalized spacial score (nSPS) is 25.2. The van der Waals surface area contributed by atoms with Gasteiger partial charge in [0, 0.05) is 31.4 Å². The van der Waals surface area contributed by atoms with E-state index in [1.165, 1.54) is 19.3 Å². The Morgan fingerprint density at radius 3 is 3.06 bits per heavy atom. The van der Waals surface area contributed by atoms with Crippen molar-refractivity contribution < 1.29 is 0 Å². The molecule has 0 amide bonds. The molecule has 0 saturated carbocycles. The van der Waals surface area contributed by atoms with Gasteiger partial charge in [0.15, 0.2) is 0 Å². The van der Waals surface area contributed by atoms with E-state index in [9.17, 15) is 0 Å². The van der Waals surface area contributed by atoms with E-state index in [0.29, 0.717) is 12.1 Å². The maximum absolute atomic E-state index is 4.17. The van der Waals surface area contributed by atoms with Crippen molar-refractivity contribution >= 4 is 0 Å². The molecule has 4 heteroatoms. The van der Waals surface area contributed by atoms with Crippen LogP contribution in [0.15, 0.2) is 18.3 Å². The number of aromatic nitrogens is 2. The average Bonchev–Trinajstić information content (AvgIpc) is 2.40. The standard InChI is InChI=1S/C14H24N4/c1-3-7-15-13-6-9-18(12(2)10-13)11-14-5-4-8-16-17-14/h4-5,8,12-13,15H,3,6-7,9-11H2,1-2H3. The Morgan fingerprint density at radius 1 is 1.50 bits per heavy atom. The van der Waals surface area contributed by atoms with Crippen LogP contribution >= 0.6 is 0 Å². The van der Waals surface area contributed by atoms with Crippen LogP contribution in [-0.4, -0.2) is 40.3 Å². The summed E-state index contributed by atoms with van der Waals surface area (Å²) in [4.78, 5) is 2.51. The monoisotopic (exact) mass is 248 g/mol. The molecule has 0 aliphatic carbocycles. The molecule has 2 atom stereocenters. The number of nitrogens with zero attached hydrogens (tertiary/aromatic N) is 3. The van der Waals surface area contributed by atoms with Gasteiger partial charge in [-0.15, -0.1) is 0 Å². The van der Waals surface area contributed by atoms with Gasteiger partial charge in [0.1, 0.15) is 0 Å². The van der Waals surface area contributed by atoms with Gasteiger partial charge in [-0.2, -0.15) is 10.2 Å². The molecule has 100 valence electrons. The van der Waals surface area contributed by atoms with Crippen molar-refractivity contribution in [2.75, 3.05) is 13.1 Å². The van der Waals surface area contributed by atoms with Gasteiger partial charge in [0.25, 0.3) is 0 Å². The van der Waals surface area contributed by atoms with E-state index >= 15 is 0 Å². The lowest BCUT2D eigenvalue weighted by Gasteiger charge is -2.37. The summed E-state index contributed by atoms with van der Waals surface area (Å²) in [6.07, 6.45) is 5.42. The summed E-state index contributed by atoms with van der Waals surface area (Å²) in [6, 6.07) is 5.33. The van der Waals surface area contributed by atoms with E-state index < -0.39 is 0 Å². The molecule has 2 unspecified atom stereocenters. The van der Waals surface area contributed by atoms with E-state index in [4.69, 9.17) is 0 Å². The highest BCUT2D eigenvalue weighted by Crippen LogP contribution is 2.19. The highest BCUT2D eigenvalue weighted by molar-refractivity contribution is 5.00. The number of hydrogen-bond donors (Lipinski definition) is 1. The third-order valence-corrected chi connectivity index (χ3v) is 3.69. The maximum Gasteiger partial charge on any atom is 0.0771 e. The van der Waals surface area contributed by atoms with E-state index in [-0.39, 0.29) is 0 Å². The summed E-state index contributed by atoms with van der Waals surface area (Å²) in [5.74, 6) is 0. The van der Waals surface area contributed by atoms with Crippen LogP contribution in [-0.2, 0) is 6.54 Å². The Balaban J connectivity index is 1.82. The number of nitrogens with one attached hydrogen (secondary N) is 1. The SMILES string of the molecule is CCCNC1CCN(Cc2cccnn2)C(C)C1. The molecule has 0 radical (unpaired) electrons. The van der Waals surface area contributed by atoms with Crippen LogP contribution in [0.4, 0.5) is 0 Å². The van der Waals surface area contributed by atoms with Crippen LogP contribution in [0.25, 0.3) is 0 Å². The van der Waals surface area contributed by atoms with Gasteiger partial charge in [-0.05, 0) is 44.9 Å². The zero-order valence-electron chi connectivity index (χ0n) is 11.5. The second-order valence-electron chi connectivity index (χ2n) is 5.21. The molecule has 1 aromatic heterocycles. The van der Waals surface area contributed by atoms with Crippen LogP contribution in [0.3, 0.4) is 0 Å². The summed E-state index contributed by atoms with van der Waals surface area (Å²) >= 11 is 0. The molecule has 18 heavy (non-hydrogen) atoms. The first-order valence-corrected chi connectivity index (χ1v) is 7.03. The topological polar surface area (TPSA) is 41.0 Å². The Hall–Kier alpha value is -1.00. The first-order valence-electron chi connectivity index (χ1n) is 7.03. The van der Waals surface area contributed by atoms with Gasteiger partial charge in [0.05, 0.1) is 5.69 Å². The molecule has 4 nitrogen and oxygen atoms in total. The predicted molar refractivity (Wildman–Crippen MR) is 73.2 cm³/mol. The minimum atomic E-state index is 0.620. The van der Waals surface area contributed by atoms with Crippen molar-refractivity contribution in [1.29, 1.82) is 0 Å². The Kier molecular flexibility index (Phi) is 5.08. The smallest absolute Gasteiger partial charge is 0.0771 e. The third-order valence-electron chi connectivity index (χ3n) is 3.69. The van der Waals surface area contributed by atoms with Gasteiger partial charge in [-0.25, -0.2) is 0 Å². The Labute approximate surface area is 110 Å². The summed E-state index contributed by atoms with van der Waals surface area (Å²) in [7, 11) is 0. The molecule has 0 spiro atoms. The highest BCUT2D eigenvalue weighted by atomic mass is 15.2. The van der Waals surface area contributed by atoms with Gasteiger partial charge in [0.2, 0.25) is 0 Å². The molecule has 1 saturated heterocycles. The van der Waals surface area contributed by atoms with Crippen molar-refractivity contribution in [2.45, 2.75) is 51.7 Å². The minimum Gasteiger partial charge on any atom is -0.314 e. The van der Waals surface area contributed by atoms with Crippen LogP contribution in [0, 0.1) is 0 Å². The molecule has 1 aliphatic rings. The number of piperidine rings is 1. The number of hydrogen-bond acceptors (Lipinski definition) is 4. The Morgan fingerprint density at radius 2 is 2.39 bits per heavy atom. The van der Waals surface area contributed by atoms with E-state index in [2.05, 4.69) is 40.3 Å². The number of rotatable bonds is 5. The highest BCUT2D eigenvalue weighted by Gasteiger charge is 2.25. The Bertz CT molecular complexity index is 341. The summed E-state index contributed by atoms with van der Waals surface area (Å²) in [6.45, 7) is 7.76. The lowest BCUT2D eigenvalue weighted by atomic mass is 9.98. The molecule has 2 heterocycles. The van der Waals surface area contributed by atoms with Crippen molar-refractivity contribution in [2.24, 2.45) is 0 Å². The lowest BCUT2D eigenvalue weighted by Crippen LogP contribution is -2.47. The molecule has 1 fully saturated rings. The van der Waals surface area contributed by atoms with Crippen molar-refractivity contribution in [3.63, 3.8) is 0 Å².